The van der Waals surface area contributed by atoms with Gasteiger partial charge in [0.15, 0.2) is 5.96 Å². The Labute approximate surface area is 211 Å². The van der Waals surface area contributed by atoms with Crippen LogP contribution in [0, 0.1) is 0 Å². The van der Waals surface area contributed by atoms with Crippen molar-refractivity contribution in [3.8, 4) is 11.5 Å². The van der Waals surface area contributed by atoms with Gasteiger partial charge in [0.2, 0.25) is 5.91 Å². The van der Waals surface area contributed by atoms with E-state index < -0.39 is 0 Å². The smallest absolute Gasteiger partial charge is 0.243 e. The fraction of sp³-hybridized carbons (Fsp3) is 0.391. The molecular weight excluding hydrogens is 543 g/mol. The number of guanidine groups is 1. The number of benzene rings is 2. The summed E-state index contributed by atoms with van der Waals surface area (Å²) in [6.45, 7) is 3.15. The van der Waals surface area contributed by atoms with E-state index in [0.29, 0.717) is 24.1 Å². The number of para-hydroxylation sites is 1. The number of amides is 1. The van der Waals surface area contributed by atoms with E-state index in [-0.39, 0.29) is 48.6 Å². The average molecular weight is 573 g/mol. The van der Waals surface area contributed by atoms with Crippen LogP contribution in [0.25, 0.3) is 0 Å². The number of ether oxygens (including phenoxy) is 2. The highest BCUT2D eigenvalue weighted by Crippen LogP contribution is 2.31. The molecule has 0 aliphatic carbocycles. The van der Waals surface area contributed by atoms with Crippen molar-refractivity contribution in [1.29, 1.82) is 0 Å². The molecule has 0 fully saturated rings. The lowest BCUT2D eigenvalue weighted by atomic mass is 10.0. The van der Waals surface area contributed by atoms with Crippen LogP contribution in [0.2, 0.25) is 5.02 Å². The number of carbonyl (C=O) groups is 1. The van der Waals surface area contributed by atoms with Crippen molar-refractivity contribution in [2.24, 2.45) is 4.99 Å². The van der Waals surface area contributed by atoms with Crippen LogP contribution < -0.4 is 20.1 Å². The van der Waals surface area contributed by atoms with E-state index >= 15 is 0 Å². The molecule has 2 aromatic rings. The minimum absolute atomic E-state index is 0. The van der Waals surface area contributed by atoms with Gasteiger partial charge in [0.05, 0.1) is 19.2 Å². The molecule has 2 unspecified atom stereocenters. The maximum atomic E-state index is 12.1. The SMILES string of the molecule is CC(CNC(=NCC(=O)N(C)C)NC1CCOc2ccccc21)Oc1ccc(Cl)cc1.I. The topological polar surface area (TPSA) is 75.2 Å². The number of nitrogens with zero attached hydrogens (tertiary/aromatic N) is 2. The Bertz CT molecular complexity index is 908. The Morgan fingerprint density at radius 1 is 1.25 bits per heavy atom. The first kappa shape index (κ1) is 26.1. The Kier molecular flexibility index (Phi) is 10.4. The number of likely N-dealkylation sites (N-methyl/N-ethyl adjacent to an activating group) is 1. The molecule has 3 rings (SSSR count). The summed E-state index contributed by atoms with van der Waals surface area (Å²) in [4.78, 5) is 18.1. The molecule has 7 nitrogen and oxygen atoms in total. The number of carbonyl (C=O) groups excluding carboxylic acids is 1. The number of halogens is 2. The van der Waals surface area contributed by atoms with Crippen molar-refractivity contribution >= 4 is 47.4 Å². The molecule has 0 aromatic heterocycles. The molecule has 0 radical (unpaired) electrons. The van der Waals surface area contributed by atoms with Gasteiger partial charge in [-0.05, 0) is 37.3 Å². The first-order chi connectivity index (χ1) is 14.9. The molecule has 2 aromatic carbocycles. The summed E-state index contributed by atoms with van der Waals surface area (Å²) in [5.41, 5.74) is 1.08. The van der Waals surface area contributed by atoms with E-state index in [2.05, 4.69) is 15.6 Å². The maximum Gasteiger partial charge on any atom is 0.243 e. The molecule has 1 heterocycles. The predicted octanol–water partition coefficient (Wildman–Crippen LogP) is 3.87. The summed E-state index contributed by atoms with van der Waals surface area (Å²) in [5, 5.41) is 7.41. The average Bonchev–Trinajstić information content (AvgIpc) is 2.77. The van der Waals surface area contributed by atoms with Gasteiger partial charge in [-0.2, -0.15) is 0 Å². The van der Waals surface area contributed by atoms with Crippen molar-refractivity contribution in [3.63, 3.8) is 0 Å². The Hall–Kier alpha value is -2.20. The van der Waals surface area contributed by atoms with Crippen molar-refractivity contribution in [3.05, 3.63) is 59.1 Å². The van der Waals surface area contributed by atoms with Crippen LogP contribution in [0.5, 0.6) is 11.5 Å². The number of aliphatic imine (C=N–C) groups is 1. The van der Waals surface area contributed by atoms with Crippen LogP contribution in [0.1, 0.15) is 24.9 Å². The third-order valence-corrected chi connectivity index (χ3v) is 5.10. The van der Waals surface area contributed by atoms with E-state index in [1.54, 1.807) is 26.2 Å². The largest absolute Gasteiger partial charge is 0.493 e. The third kappa shape index (κ3) is 7.74. The number of hydrogen-bond acceptors (Lipinski definition) is 4. The second-order valence-electron chi connectivity index (χ2n) is 7.59. The van der Waals surface area contributed by atoms with Gasteiger partial charge in [-0.3, -0.25) is 4.79 Å². The highest BCUT2D eigenvalue weighted by molar-refractivity contribution is 14.0. The van der Waals surface area contributed by atoms with Crippen LogP contribution in [-0.2, 0) is 4.79 Å². The zero-order valence-electron chi connectivity index (χ0n) is 18.5. The van der Waals surface area contributed by atoms with E-state index in [1.165, 1.54) is 4.90 Å². The van der Waals surface area contributed by atoms with Crippen molar-refractivity contribution in [2.75, 3.05) is 33.8 Å². The molecule has 0 saturated carbocycles. The van der Waals surface area contributed by atoms with Gasteiger partial charge in [-0.1, -0.05) is 29.8 Å². The lowest BCUT2D eigenvalue weighted by Gasteiger charge is -2.28. The Morgan fingerprint density at radius 2 is 1.97 bits per heavy atom. The van der Waals surface area contributed by atoms with Crippen LogP contribution in [0.3, 0.4) is 0 Å². The van der Waals surface area contributed by atoms with Crippen LogP contribution in [0.4, 0.5) is 0 Å². The van der Waals surface area contributed by atoms with Crippen LogP contribution in [0.15, 0.2) is 53.5 Å². The van der Waals surface area contributed by atoms with E-state index in [0.717, 1.165) is 23.5 Å². The summed E-state index contributed by atoms with van der Waals surface area (Å²) in [5.74, 6) is 2.10. The number of nitrogens with one attached hydrogen (secondary N) is 2. The second-order valence-corrected chi connectivity index (χ2v) is 8.02. The normalized spacial score (nSPS) is 16.0. The Morgan fingerprint density at radius 3 is 2.69 bits per heavy atom. The highest BCUT2D eigenvalue weighted by atomic mass is 127. The highest BCUT2D eigenvalue weighted by Gasteiger charge is 2.22. The van der Waals surface area contributed by atoms with Gasteiger partial charge in [-0.15, -0.1) is 24.0 Å². The minimum atomic E-state index is -0.125. The maximum absolute atomic E-state index is 12.1. The fourth-order valence-corrected chi connectivity index (χ4v) is 3.25. The first-order valence-electron chi connectivity index (χ1n) is 10.3. The number of rotatable bonds is 7. The zero-order chi connectivity index (χ0) is 22.2. The lowest BCUT2D eigenvalue weighted by molar-refractivity contribution is -0.127. The summed E-state index contributed by atoms with van der Waals surface area (Å²) in [7, 11) is 3.43. The van der Waals surface area contributed by atoms with E-state index in [1.807, 2.05) is 43.3 Å². The molecule has 174 valence electrons. The standard InChI is InChI=1S/C23H29ClN4O3.HI/c1-16(31-18-10-8-17(24)9-11-18)14-25-23(26-15-22(29)28(2)3)27-20-12-13-30-21-7-5-4-6-19(20)21;/h4-11,16,20H,12-15H2,1-3H3,(H2,25,26,27);1H. The fourth-order valence-electron chi connectivity index (χ4n) is 3.13. The van der Waals surface area contributed by atoms with Gasteiger partial charge in [0.25, 0.3) is 0 Å². The Balaban J connectivity index is 0.00000363. The molecule has 2 atom stereocenters. The van der Waals surface area contributed by atoms with Crippen LogP contribution in [-0.4, -0.2) is 56.7 Å². The van der Waals surface area contributed by atoms with Crippen molar-refractivity contribution < 1.29 is 14.3 Å². The monoisotopic (exact) mass is 572 g/mol. The van der Waals surface area contributed by atoms with Crippen molar-refractivity contribution in [2.45, 2.75) is 25.5 Å². The quantitative estimate of drug-likeness (QED) is 0.299. The molecule has 1 aliphatic heterocycles. The predicted molar refractivity (Wildman–Crippen MR) is 138 cm³/mol. The van der Waals surface area contributed by atoms with Gasteiger partial charge < -0.3 is 25.0 Å². The second kappa shape index (κ2) is 12.7. The van der Waals surface area contributed by atoms with Gasteiger partial charge >= 0.3 is 0 Å². The van der Waals surface area contributed by atoms with Gasteiger partial charge in [-0.25, -0.2) is 4.99 Å². The number of hydrogen-bond donors (Lipinski definition) is 2. The molecule has 2 N–H and O–H groups in total. The molecule has 0 bridgehead atoms. The summed E-state index contributed by atoms with van der Waals surface area (Å²) in [6.07, 6.45) is 0.676. The molecular formula is C23H30ClIN4O3. The molecule has 1 aliphatic rings. The van der Waals surface area contributed by atoms with Crippen LogP contribution >= 0.6 is 35.6 Å². The zero-order valence-corrected chi connectivity index (χ0v) is 21.6. The summed E-state index contributed by atoms with van der Waals surface area (Å²) in [6, 6.07) is 15.2. The molecule has 0 saturated heterocycles. The minimum Gasteiger partial charge on any atom is -0.493 e. The first-order valence-corrected chi connectivity index (χ1v) is 10.7. The van der Waals surface area contributed by atoms with Gasteiger partial charge in [0, 0.05) is 31.1 Å². The van der Waals surface area contributed by atoms with E-state index in [4.69, 9.17) is 21.1 Å². The lowest BCUT2D eigenvalue weighted by Crippen LogP contribution is -2.44. The number of fused-ring (bicyclic) bond motifs is 1. The molecule has 32 heavy (non-hydrogen) atoms. The van der Waals surface area contributed by atoms with Crippen molar-refractivity contribution in [1.82, 2.24) is 15.5 Å². The molecule has 0 spiro atoms. The molecule has 9 heteroatoms. The third-order valence-electron chi connectivity index (χ3n) is 4.85. The van der Waals surface area contributed by atoms with E-state index in [9.17, 15) is 4.79 Å². The van der Waals surface area contributed by atoms with Gasteiger partial charge in [0.1, 0.15) is 24.1 Å². The summed E-state index contributed by atoms with van der Waals surface area (Å²) >= 11 is 5.93. The molecule has 1 amide bonds. The summed E-state index contributed by atoms with van der Waals surface area (Å²) < 4.78 is 11.7.